The van der Waals surface area contributed by atoms with Crippen LogP contribution < -0.4 is 11.1 Å². The lowest BCUT2D eigenvalue weighted by molar-refractivity contribution is 0.0527. The highest BCUT2D eigenvalue weighted by Gasteiger charge is 2.16. The van der Waals surface area contributed by atoms with E-state index in [1.807, 2.05) is 12.3 Å². The van der Waals surface area contributed by atoms with Crippen molar-refractivity contribution < 1.29 is 9.53 Å². The number of hydrogen-bond acceptors (Lipinski definition) is 7. The first-order chi connectivity index (χ1) is 9.63. The number of nitrogens with zero attached hydrogens (tertiary/aromatic N) is 2. The minimum Gasteiger partial charge on any atom is -0.462 e. The normalized spacial score (nSPS) is 11.9. The van der Waals surface area contributed by atoms with Gasteiger partial charge in [-0.15, -0.1) is 11.3 Å². The van der Waals surface area contributed by atoms with Gasteiger partial charge in [0.25, 0.3) is 0 Å². The third-order valence-corrected chi connectivity index (χ3v) is 3.62. The van der Waals surface area contributed by atoms with Crippen LogP contribution in [0.15, 0.2) is 23.8 Å². The van der Waals surface area contributed by atoms with E-state index in [0.717, 1.165) is 5.01 Å². The molecule has 0 saturated heterocycles. The van der Waals surface area contributed by atoms with Crippen molar-refractivity contribution in [3.63, 3.8) is 0 Å². The average molecular weight is 292 g/mol. The van der Waals surface area contributed by atoms with Gasteiger partial charge in [0, 0.05) is 17.8 Å². The summed E-state index contributed by atoms with van der Waals surface area (Å²) in [7, 11) is 0. The molecular weight excluding hydrogens is 276 g/mol. The lowest BCUT2D eigenvalue weighted by Gasteiger charge is -2.15. The summed E-state index contributed by atoms with van der Waals surface area (Å²) in [5.41, 5.74) is 6.58. The van der Waals surface area contributed by atoms with Crippen LogP contribution in [0.3, 0.4) is 0 Å². The quantitative estimate of drug-likeness (QED) is 0.823. The Balaban J connectivity index is 2.20. The zero-order chi connectivity index (χ0) is 14.5. The smallest absolute Gasteiger partial charge is 0.340 e. The van der Waals surface area contributed by atoms with Gasteiger partial charge in [-0.1, -0.05) is 0 Å². The molecule has 2 aromatic rings. The molecule has 0 amide bonds. The maximum Gasteiger partial charge on any atom is 0.340 e. The Hall–Kier alpha value is -2.15. The highest BCUT2D eigenvalue weighted by atomic mass is 32.1. The summed E-state index contributed by atoms with van der Waals surface area (Å²) >= 11 is 1.54. The third-order valence-electron chi connectivity index (χ3n) is 2.66. The van der Waals surface area contributed by atoms with Crippen molar-refractivity contribution in [2.45, 2.75) is 19.9 Å². The number of rotatable bonds is 5. The van der Waals surface area contributed by atoms with Crippen molar-refractivity contribution in [1.82, 2.24) is 9.97 Å². The van der Waals surface area contributed by atoms with Gasteiger partial charge in [-0.2, -0.15) is 0 Å². The molecule has 1 unspecified atom stereocenters. The first-order valence-corrected chi connectivity index (χ1v) is 7.09. The number of nitrogen functional groups attached to an aromatic ring is 1. The Kier molecular flexibility index (Phi) is 4.52. The van der Waals surface area contributed by atoms with Gasteiger partial charge in [0.1, 0.15) is 5.01 Å². The molecule has 6 nitrogen and oxygen atoms in total. The van der Waals surface area contributed by atoms with Crippen molar-refractivity contribution in [1.29, 1.82) is 0 Å². The standard InChI is InChI=1S/C13H16N4O2S/c1-3-19-13(18)9-4-5-15-11(10(9)14)17-8(2)12-16-6-7-20-12/h4-8H,3,14H2,1-2H3,(H,15,17). The number of ether oxygens (including phenoxy) is 1. The summed E-state index contributed by atoms with van der Waals surface area (Å²) in [5.74, 6) is 0.00982. The van der Waals surface area contributed by atoms with E-state index in [1.54, 1.807) is 30.5 Å². The fraction of sp³-hybridized carbons (Fsp3) is 0.308. The Morgan fingerprint density at radius 1 is 1.50 bits per heavy atom. The molecule has 2 rings (SSSR count). The molecule has 2 aromatic heterocycles. The van der Waals surface area contributed by atoms with Crippen molar-refractivity contribution in [3.8, 4) is 0 Å². The molecule has 106 valence electrons. The van der Waals surface area contributed by atoms with Gasteiger partial charge in [-0.25, -0.2) is 14.8 Å². The summed E-state index contributed by atoms with van der Waals surface area (Å²) in [6.45, 7) is 4.01. The highest BCUT2D eigenvalue weighted by Crippen LogP contribution is 2.26. The first-order valence-electron chi connectivity index (χ1n) is 6.21. The van der Waals surface area contributed by atoms with Crippen molar-refractivity contribution >= 4 is 28.8 Å². The Morgan fingerprint density at radius 2 is 2.30 bits per heavy atom. The lowest BCUT2D eigenvalue weighted by Crippen LogP contribution is -2.14. The maximum absolute atomic E-state index is 11.8. The van der Waals surface area contributed by atoms with E-state index in [2.05, 4.69) is 15.3 Å². The largest absolute Gasteiger partial charge is 0.462 e. The van der Waals surface area contributed by atoms with E-state index in [9.17, 15) is 4.79 Å². The number of esters is 1. The van der Waals surface area contributed by atoms with Crippen LogP contribution in [0.5, 0.6) is 0 Å². The summed E-state index contributed by atoms with van der Waals surface area (Å²) in [6, 6.07) is 1.51. The second-order valence-electron chi connectivity index (χ2n) is 4.08. The van der Waals surface area contributed by atoms with Crippen LogP contribution in [-0.2, 0) is 4.74 Å². The molecule has 2 heterocycles. The van der Waals surface area contributed by atoms with Gasteiger partial charge in [0.2, 0.25) is 0 Å². The monoisotopic (exact) mass is 292 g/mol. The predicted octanol–water partition coefficient (Wildman–Crippen LogP) is 2.47. The second kappa shape index (κ2) is 6.33. The molecule has 1 atom stereocenters. The molecular formula is C13H16N4O2S. The van der Waals surface area contributed by atoms with Gasteiger partial charge in [0.15, 0.2) is 5.82 Å². The number of pyridine rings is 1. The first kappa shape index (κ1) is 14.3. The van der Waals surface area contributed by atoms with E-state index < -0.39 is 5.97 Å². The molecule has 0 bridgehead atoms. The molecule has 3 N–H and O–H groups in total. The third kappa shape index (κ3) is 3.05. The van der Waals surface area contributed by atoms with Gasteiger partial charge in [-0.05, 0) is 19.9 Å². The molecule has 0 aliphatic carbocycles. The lowest BCUT2D eigenvalue weighted by atomic mass is 10.2. The Morgan fingerprint density at radius 3 is 2.95 bits per heavy atom. The number of hydrogen-bond donors (Lipinski definition) is 2. The molecule has 20 heavy (non-hydrogen) atoms. The van der Waals surface area contributed by atoms with Gasteiger partial charge in [0.05, 0.1) is 23.9 Å². The van der Waals surface area contributed by atoms with Crippen LogP contribution in [-0.4, -0.2) is 22.5 Å². The Bertz CT molecular complexity index is 586. The van der Waals surface area contributed by atoms with Crippen molar-refractivity contribution in [2.24, 2.45) is 0 Å². The number of anilines is 2. The molecule has 7 heteroatoms. The highest BCUT2D eigenvalue weighted by molar-refractivity contribution is 7.09. The van der Waals surface area contributed by atoms with Gasteiger partial charge < -0.3 is 15.8 Å². The maximum atomic E-state index is 11.8. The summed E-state index contributed by atoms with van der Waals surface area (Å²) < 4.78 is 4.96. The van der Waals surface area contributed by atoms with E-state index in [0.29, 0.717) is 18.0 Å². The van der Waals surface area contributed by atoms with Crippen LogP contribution in [0, 0.1) is 0 Å². The number of thiazole rings is 1. The SMILES string of the molecule is CCOC(=O)c1ccnc(NC(C)c2nccs2)c1N. The fourth-order valence-corrected chi connectivity index (χ4v) is 2.34. The summed E-state index contributed by atoms with van der Waals surface area (Å²) in [5, 5.41) is 5.98. The van der Waals surface area contributed by atoms with Crippen LogP contribution >= 0.6 is 11.3 Å². The molecule has 0 saturated carbocycles. The topological polar surface area (TPSA) is 90.1 Å². The minimum atomic E-state index is -0.447. The van der Waals surface area contributed by atoms with Crippen LogP contribution in [0.2, 0.25) is 0 Å². The molecule has 0 radical (unpaired) electrons. The van der Waals surface area contributed by atoms with Crippen LogP contribution in [0.4, 0.5) is 11.5 Å². The molecule has 0 aliphatic rings. The van der Waals surface area contributed by atoms with Crippen molar-refractivity contribution in [2.75, 3.05) is 17.7 Å². The van der Waals surface area contributed by atoms with Gasteiger partial charge in [-0.3, -0.25) is 0 Å². The number of carbonyl (C=O) groups is 1. The number of aromatic nitrogens is 2. The summed E-state index contributed by atoms with van der Waals surface area (Å²) in [4.78, 5) is 20.2. The molecule has 0 aromatic carbocycles. The van der Waals surface area contributed by atoms with Crippen molar-refractivity contribution in [3.05, 3.63) is 34.4 Å². The number of nitrogens with two attached hydrogens (primary N) is 1. The van der Waals surface area contributed by atoms with E-state index in [4.69, 9.17) is 10.5 Å². The molecule has 0 aliphatic heterocycles. The second-order valence-corrected chi connectivity index (χ2v) is 5.00. The number of carbonyl (C=O) groups excluding carboxylic acids is 1. The number of nitrogens with one attached hydrogen (secondary N) is 1. The predicted molar refractivity (Wildman–Crippen MR) is 78.8 cm³/mol. The zero-order valence-electron chi connectivity index (χ0n) is 11.3. The van der Waals surface area contributed by atoms with E-state index in [-0.39, 0.29) is 11.7 Å². The van der Waals surface area contributed by atoms with E-state index in [1.165, 1.54) is 6.20 Å². The van der Waals surface area contributed by atoms with Gasteiger partial charge >= 0.3 is 5.97 Å². The Labute approximate surface area is 121 Å². The minimum absolute atomic E-state index is 0.0396. The van der Waals surface area contributed by atoms with E-state index >= 15 is 0 Å². The zero-order valence-corrected chi connectivity index (χ0v) is 12.1. The molecule has 0 fully saturated rings. The summed E-state index contributed by atoms with van der Waals surface area (Å²) in [6.07, 6.45) is 3.27. The molecule has 0 spiro atoms. The average Bonchev–Trinajstić information content (AvgIpc) is 2.95. The van der Waals surface area contributed by atoms with Crippen LogP contribution in [0.1, 0.15) is 35.3 Å². The van der Waals surface area contributed by atoms with Crippen LogP contribution in [0.25, 0.3) is 0 Å². The fourth-order valence-electron chi connectivity index (χ4n) is 1.69.